The number of aliphatic carboxylic acids is 1. The van der Waals surface area contributed by atoms with Crippen molar-refractivity contribution in [1.29, 1.82) is 0 Å². The summed E-state index contributed by atoms with van der Waals surface area (Å²) < 4.78 is 0. The summed E-state index contributed by atoms with van der Waals surface area (Å²) in [4.78, 5) is 34.9. The normalized spacial score (nSPS) is 11.4. The number of hydrogen-bond donors (Lipinski definition) is 3. The molecule has 0 spiro atoms. The molecule has 2 aromatic rings. The fourth-order valence-corrected chi connectivity index (χ4v) is 2.50. The summed E-state index contributed by atoms with van der Waals surface area (Å²) in [5.74, 6) is -1.95. The monoisotopic (exact) mass is 360 g/mol. The van der Waals surface area contributed by atoms with Crippen LogP contribution in [0.15, 0.2) is 48.5 Å². The molecule has 0 unspecified atom stereocenters. The molecule has 2 aromatic carbocycles. The second-order valence-corrected chi connectivity index (χ2v) is 5.90. The molecule has 0 aliphatic carbocycles. The van der Waals surface area contributed by atoms with Gasteiger partial charge in [0.2, 0.25) is 5.91 Å². The SMILES string of the molecule is CC(=O)Nc1cccc(C(=O)N[C@@H](Cc2cccc(Cl)c2)C(=O)O)c1. The highest BCUT2D eigenvalue weighted by Gasteiger charge is 2.21. The van der Waals surface area contributed by atoms with Gasteiger partial charge in [0.05, 0.1) is 0 Å². The minimum atomic E-state index is -1.15. The molecule has 0 saturated carbocycles. The van der Waals surface area contributed by atoms with Gasteiger partial charge in [-0.25, -0.2) is 4.79 Å². The van der Waals surface area contributed by atoms with Crippen molar-refractivity contribution in [1.82, 2.24) is 5.32 Å². The number of carbonyl (C=O) groups excluding carboxylic acids is 2. The van der Waals surface area contributed by atoms with Crippen LogP contribution < -0.4 is 10.6 Å². The minimum Gasteiger partial charge on any atom is -0.480 e. The van der Waals surface area contributed by atoms with Crippen LogP contribution in [0.1, 0.15) is 22.8 Å². The first kappa shape index (κ1) is 18.5. The molecule has 0 bridgehead atoms. The molecular formula is C18H17ClN2O4. The highest BCUT2D eigenvalue weighted by molar-refractivity contribution is 6.30. The molecule has 0 aliphatic rings. The summed E-state index contributed by atoms with van der Waals surface area (Å²) in [7, 11) is 0. The van der Waals surface area contributed by atoms with Gasteiger partial charge in [0.25, 0.3) is 5.91 Å². The third kappa shape index (κ3) is 5.61. The van der Waals surface area contributed by atoms with E-state index in [4.69, 9.17) is 11.6 Å². The van der Waals surface area contributed by atoms with Crippen molar-refractivity contribution < 1.29 is 19.5 Å². The predicted octanol–water partition coefficient (Wildman–Crippen LogP) is 2.72. The van der Waals surface area contributed by atoms with Gasteiger partial charge in [-0.2, -0.15) is 0 Å². The Balaban J connectivity index is 2.12. The quantitative estimate of drug-likeness (QED) is 0.738. The van der Waals surface area contributed by atoms with Crippen molar-refractivity contribution in [2.45, 2.75) is 19.4 Å². The number of hydrogen-bond acceptors (Lipinski definition) is 3. The van der Waals surface area contributed by atoms with Gasteiger partial charge in [0.15, 0.2) is 0 Å². The lowest BCUT2D eigenvalue weighted by Gasteiger charge is -2.15. The van der Waals surface area contributed by atoms with Crippen LogP contribution in [0.4, 0.5) is 5.69 Å². The van der Waals surface area contributed by atoms with Crippen molar-refractivity contribution in [3.05, 3.63) is 64.7 Å². The lowest BCUT2D eigenvalue weighted by atomic mass is 10.1. The molecule has 0 heterocycles. The van der Waals surface area contributed by atoms with Crippen molar-refractivity contribution in [3.8, 4) is 0 Å². The number of rotatable bonds is 6. The molecule has 2 amide bonds. The number of benzene rings is 2. The summed E-state index contributed by atoms with van der Waals surface area (Å²) in [6, 6.07) is 12.0. The van der Waals surface area contributed by atoms with E-state index >= 15 is 0 Å². The van der Waals surface area contributed by atoms with E-state index in [1.807, 2.05) is 0 Å². The summed E-state index contributed by atoms with van der Waals surface area (Å²) in [6.07, 6.45) is 0.104. The maximum atomic E-state index is 12.3. The van der Waals surface area contributed by atoms with E-state index in [0.29, 0.717) is 16.3 Å². The van der Waals surface area contributed by atoms with Crippen LogP contribution in [-0.2, 0) is 16.0 Å². The van der Waals surface area contributed by atoms with E-state index in [1.165, 1.54) is 13.0 Å². The van der Waals surface area contributed by atoms with Gasteiger partial charge in [-0.15, -0.1) is 0 Å². The molecule has 0 radical (unpaired) electrons. The zero-order valence-electron chi connectivity index (χ0n) is 13.5. The number of amides is 2. The number of carboxylic acid groups (broad SMARTS) is 1. The fourth-order valence-electron chi connectivity index (χ4n) is 2.28. The van der Waals surface area contributed by atoms with Crippen LogP contribution in [0.5, 0.6) is 0 Å². The Morgan fingerprint density at radius 3 is 2.48 bits per heavy atom. The average molecular weight is 361 g/mol. The van der Waals surface area contributed by atoms with E-state index < -0.39 is 17.9 Å². The molecule has 3 N–H and O–H groups in total. The van der Waals surface area contributed by atoms with Gasteiger partial charge >= 0.3 is 5.97 Å². The van der Waals surface area contributed by atoms with Crippen LogP contribution in [0.2, 0.25) is 5.02 Å². The van der Waals surface area contributed by atoms with Crippen molar-refractivity contribution >= 4 is 35.1 Å². The molecule has 0 saturated heterocycles. The number of carboxylic acids is 1. The molecular weight excluding hydrogens is 344 g/mol. The zero-order valence-corrected chi connectivity index (χ0v) is 14.2. The largest absolute Gasteiger partial charge is 0.480 e. The number of carbonyl (C=O) groups is 3. The molecule has 25 heavy (non-hydrogen) atoms. The van der Waals surface area contributed by atoms with Crippen molar-refractivity contribution in [2.24, 2.45) is 0 Å². The Bertz CT molecular complexity index is 807. The van der Waals surface area contributed by atoms with Gasteiger partial charge < -0.3 is 15.7 Å². The molecule has 2 rings (SSSR count). The van der Waals surface area contributed by atoms with Gasteiger partial charge in [0.1, 0.15) is 6.04 Å². The Kier molecular flexibility index (Phi) is 6.14. The van der Waals surface area contributed by atoms with Crippen LogP contribution in [0, 0.1) is 0 Å². The lowest BCUT2D eigenvalue weighted by Crippen LogP contribution is -2.42. The van der Waals surface area contributed by atoms with Crippen LogP contribution in [-0.4, -0.2) is 28.9 Å². The predicted molar refractivity (Wildman–Crippen MR) is 94.8 cm³/mol. The summed E-state index contributed by atoms with van der Waals surface area (Å²) in [6.45, 7) is 1.36. The molecule has 0 fully saturated rings. The summed E-state index contributed by atoms with van der Waals surface area (Å²) in [5, 5.41) is 14.9. The van der Waals surface area contributed by atoms with Crippen LogP contribution >= 0.6 is 11.6 Å². The first-order valence-electron chi connectivity index (χ1n) is 7.51. The van der Waals surface area contributed by atoms with E-state index in [-0.39, 0.29) is 17.9 Å². The molecule has 0 aromatic heterocycles. The van der Waals surface area contributed by atoms with E-state index in [2.05, 4.69) is 10.6 Å². The van der Waals surface area contributed by atoms with E-state index in [1.54, 1.807) is 42.5 Å². The highest BCUT2D eigenvalue weighted by Crippen LogP contribution is 2.14. The number of nitrogens with one attached hydrogen (secondary N) is 2. The van der Waals surface area contributed by atoms with Crippen LogP contribution in [0.25, 0.3) is 0 Å². The molecule has 1 atom stereocenters. The first-order valence-corrected chi connectivity index (χ1v) is 7.88. The Morgan fingerprint density at radius 2 is 1.84 bits per heavy atom. The zero-order chi connectivity index (χ0) is 18.4. The molecule has 0 aliphatic heterocycles. The average Bonchev–Trinajstić information content (AvgIpc) is 2.53. The standard InChI is InChI=1S/C18H17ClN2O4/c1-11(22)20-15-7-3-5-13(10-15)17(23)21-16(18(24)25)9-12-4-2-6-14(19)8-12/h2-8,10,16H,9H2,1H3,(H,20,22)(H,21,23)(H,24,25)/t16-/m0/s1. The molecule has 130 valence electrons. The van der Waals surface area contributed by atoms with E-state index in [0.717, 1.165) is 0 Å². The maximum absolute atomic E-state index is 12.3. The van der Waals surface area contributed by atoms with Gasteiger partial charge in [-0.05, 0) is 35.9 Å². The topological polar surface area (TPSA) is 95.5 Å². The Labute approximate surface area is 149 Å². The smallest absolute Gasteiger partial charge is 0.326 e. The number of halogens is 1. The minimum absolute atomic E-state index is 0.104. The highest BCUT2D eigenvalue weighted by atomic mass is 35.5. The first-order chi connectivity index (χ1) is 11.8. The van der Waals surface area contributed by atoms with Crippen molar-refractivity contribution in [2.75, 3.05) is 5.32 Å². The summed E-state index contributed by atoms with van der Waals surface area (Å²) >= 11 is 5.90. The molecule has 6 nitrogen and oxygen atoms in total. The third-order valence-corrected chi connectivity index (χ3v) is 3.61. The molecule has 7 heteroatoms. The second-order valence-electron chi connectivity index (χ2n) is 5.46. The van der Waals surface area contributed by atoms with E-state index in [9.17, 15) is 19.5 Å². The van der Waals surface area contributed by atoms with Crippen molar-refractivity contribution in [3.63, 3.8) is 0 Å². The second kappa shape index (κ2) is 8.30. The number of anilines is 1. The maximum Gasteiger partial charge on any atom is 0.326 e. The van der Waals surface area contributed by atoms with Gasteiger partial charge in [0, 0.05) is 29.6 Å². The Hall–Kier alpha value is -2.86. The summed E-state index contributed by atoms with van der Waals surface area (Å²) in [5.41, 5.74) is 1.41. The van der Waals surface area contributed by atoms with Gasteiger partial charge in [-0.3, -0.25) is 9.59 Å². The van der Waals surface area contributed by atoms with Gasteiger partial charge in [-0.1, -0.05) is 29.8 Å². The van der Waals surface area contributed by atoms with Crippen LogP contribution in [0.3, 0.4) is 0 Å². The lowest BCUT2D eigenvalue weighted by molar-refractivity contribution is -0.139. The third-order valence-electron chi connectivity index (χ3n) is 3.38. The fraction of sp³-hybridized carbons (Fsp3) is 0.167. The Morgan fingerprint density at radius 1 is 1.12 bits per heavy atom.